The molecule has 0 radical (unpaired) electrons. The lowest BCUT2D eigenvalue weighted by atomic mass is 10.1. The van der Waals surface area contributed by atoms with Gasteiger partial charge in [0.15, 0.2) is 5.65 Å². The summed E-state index contributed by atoms with van der Waals surface area (Å²) in [6.45, 7) is 6.14. The van der Waals surface area contributed by atoms with Gasteiger partial charge in [0.05, 0.1) is 5.69 Å². The summed E-state index contributed by atoms with van der Waals surface area (Å²) in [6, 6.07) is 4.19. The Morgan fingerprint density at radius 1 is 1.32 bits per heavy atom. The minimum Gasteiger partial charge on any atom is -0.302 e. The molecule has 3 aromatic rings. The molecular formula is C16H22N6. The molecule has 0 saturated carbocycles. The summed E-state index contributed by atoms with van der Waals surface area (Å²) >= 11 is 0. The van der Waals surface area contributed by atoms with E-state index in [0.717, 1.165) is 37.3 Å². The Labute approximate surface area is 130 Å². The summed E-state index contributed by atoms with van der Waals surface area (Å²) in [7, 11) is 2.16. The van der Waals surface area contributed by atoms with Crippen LogP contribution in [0, 0.1) is 13.8 Å². The van der Waals surface area contributed by atoms with E-state index < -0.39 is 0 Å². The lowest BCUT2D eigenvalue weighted by Gasteiger charge is -2.16. The first-order valence-corrected chi connectivity index (χ1v) is 7.61. The zero-order valence-electron chi connectivity index (χ0n) is 13.4. The Balaban J connectivity index is 1.52. The van der Waals surface area contributed by atoms with Crippen molar-refractivity contribution in [1.82, 2.24) is 29.7 Å². The fourth-order valence-corrected chi connectivity index (χ4v) is 2.81. The van der Waals surface area contributed by atoms with Crippen molar-refractivity contribution in [1.29, 1.82) is 0 Å². The molecule has 3 rings (SSSR count). The second kappa shape index (κ2) is 6.27. The van der Waals surface area contributed by atoms with Gasteiger partial charge in [-0.3, -0.25) is 5.10 Å². The number of pyridine rings is 1. The number of hydrogen-bond acceptors (Lipinski definition) is 4. The van der Waals surface area contributed by atoms with Gasteiger partial charge >= 0.3 is 0 Å². The van der Waals surface area contributed by atoms with E-state index in [1.54, 1.807) is 10.8 Å². The highest BCUT2D eigenvalue weighted by Crippen LogP contribution is 2.13. The molecule has 0 amide bonds. The van der Waals surface area contributed by atoms with Gasteiger partial charge in [-0.25, -0.2) is 9.50 Å². The van der Waals surface area contributed by atoms with Crippen LogP contribution in [0.1, 0.15) is 28.9 Å². The van der Waals surface area contributed by atoms with Crippen LogP contribution < -0.4 is 0 Å². The molecule has 3 heterocycles. The molecule has 0 fully saturated rings. The molecule has 116 valence electrons. The Morgan fingerprint density at radius 2 is 2.18 bits per heavy atom. The minimum atomic E-state index is 0.899. The van der Waals surface area contributed by atoms with Gasteiger partial charge in [0, 0.05) is 18.4 Å². The SMILES string of the molecule is Cc1n[nH]c(C)c1CCCN(C)Cc1ccn2ncnc2c1. The smallest absolute Gasteiger partial charge is 0.155 e. The average Bonchev–Trinajstić information content (AvgIpc) is 3.07. The fraction of sp³-hybridized carbons (Fsp3) is 0.438. The molecule has 0 saturated heterocycles. The van der Waals surface area contributed by atoms with Crippen molar-refractivity contribution in [3.63, 3.8) is 0 Å². The number of nitrogens with one attached hydrogen (secondary N) is 1. The van der Waals surface area contributed by atoms with Gasteiger partial charge in [-0.1, -0.05) is 0 Å². The predicted octanol–water partition coefficient (Wildman–Crippen LogP) is 2.13. The van der Waals surface area contributed by atoms with Crippen molar-refractivity contribution >= 4 is 5.65 Å². The number of hydrogen-bond donors (Lipinski definition) is 1. The summed E-state index contributed by atoms with van der Waals surface area (Å²) in [4.78, 5) is 6.57. The zero-order chi connectivity index (χ0) is 15.5. The zero-order valence-corrected chi connectivity index (χ0v) is 13.4. The molecule has 0 spiro atoms. The van der Waals surface area contributed by atoms with E-state index in [1.807, 2.05) is 6.20 Å². The number of aromatic nitrogens is 5. The molecule has 0 aliphatic carbocycles. The van der Waals surface area contributed by atoms with E-state index in [2.05, 4.69) is 58.2 Å². The molecule has 6 heteroatoms. The molecule has 0 aromatic carbocycles. The average molecular weight is 298 g/mol. The van der Waals surface area contributed by atoms with E-state index in [4.69, 9.17) is 0 Å². The van der Waals surface area contributed by atoms with Crippen molar-refractivity contribution in [3.8, 4) is 0 Å². The van der Waals surface area contributed by atoms with E-state index >= 15 is 0 Å². The van der Waals surface area contributed by atoms with Crippen molar-refractivity contribution in [2.24, 2.45) is 0 Å². The molecular weight excluding hydrogens is 276 g/mol. The molecule has 0 atom stereocenters. The summed E-state index contributed by atoms with van der Waals surface area (Å²) in [5.41, 5.74) is 5.84. The second-order valence-electron chi connectivity index (χ2n) is 5.85. The predicted molar refractivity (Wildman–Crippen MR) is 85.7 cm³/mol. The van der Waals surface area contributed by atoms with Crippen LogP contribution in [0.5, 0.6) is 0 Å². The van der Waals surface area contributed by atoms with Crippen LogP contribution in [0.3, 0.4) is 0 Å². The maximum Gasteiger partial charge on any atom is 0.155 e. The lowest BCUT2D eigenvalue weighted by Crippen LogP contribution is -2.19. The Morgan fingerprint density at radius 3 is 2.95 bits per heavy atom. The molecule has 3 aromatic heterocycles. The van der Waals surface area contributed by atoms with Gasteiger partial charge in [0.1, 0.15) is 6.33 Å². The Hall–Kier alpha value is -2.21. The van der Waals surface area contributed by atoms with Gasteiger partial charge < -0.3 is 4.90 Å². The van der Waals surface area contributed by atoms with Crippen LogP contribution in [0.25, 0.3) is 5.65 Å². The third-order valence-electron chi connectivity index (χ3n) is 4.04. The quantitative estimate of drug-likeness (QED) is 0.757. The number of nitrogens with zero attached hydrogens (tertiary/aromatic N) is 5. The maximum atomic E-state index is 4.25. The molecule has 0 bridgehead atoms. The second-order valence-corrected chi connectivity index (χ2v) is 5.85. The van der Waals surface area contributed by atoms with Gasteiger partial charge in [0.25, 0.3) is 0 Å². The van der Waals surface area contributed by atoms with Crippen molar-refractivity contribution < 1.29 is 0 Å². The topological polar surface area (TPSA) is 62.1 Å². The van der Waals surface area contributed by atoms with Crippen molar-refractivity contribution in [2.75, 3.05) is 13.6 Å². The van der Waals surface area contributed by atoms with E-state index in [1.165, 1.54) is 16.8 Å². The van der Waals surface area contributed by atoms with Crippen LogP contribution in [-0.4, -0.2) is 43.3 Å². The molecule has 0 aliphatic rings. The van der Waals surface area contributed by atoms with Gasteiger partial charge in [-0.05, 0) is 63.5 Å². The first kappa shape index (κ1) is 14.7. The number of H-pyrrole nitrogens is 1. The lowest BCUT2D eigenvalue weighted by molar-refractivity contribution is 0.322. The van der Waals surface area contributed by atoms with Gasteiger partial charge in [-0.2, -0.15) is 10.2 Å². The summed E-state index contributed by atoms with van der Waals surface area (Å²) in [5, 5.41) is 11.4. The highest BCUT2D eigenvalue weighted by molar-refractivity contribution is 5.39. The molecule has 6 nitrogen and oxygen atoms in total. The van der Waals surface area contributed by atoms with Crippen molar-refractivity contribution in [2.45, 2.75) is 33.2 Å². The molecule has 1 N–H and O–H groups in total. The molecule has 0 unspecified atom stereocenters. The normalized spacial score (nSPS) is 11.6. The maximum absolute atomic E-state index is 4.25. The van der Waals surface area contributed by atoms with Gasteiger partial charge in [-0.15, -0.1) is 0 Å². The van der Waals surface area contributed by atoms with E-state index in [9.17, 15) is 0 Å². The Kier molecular flexibility index (Phi) is 4.20. The largest absolute Gasteiger partial charge is 0.302 e. The Bertz CT molecular complexity index is 737. The number of aryl methyl sites for hydroxylation is 2. The third-order valence-corrected chi connectivity index (χ3v) is 4.04. The highest BCUT2D eigenvalue weighted by atomic mass is 15.3. The summed E-state index contributed by atoms with van der Waals surface area (Å²) in [5.74, 6) is 0. The standard InChI is InChI=1S/C16H22N6/c1-12-15(13(2)20-19-12)5-4-7-21(3)10-14-6-8-22-16(9-14)17-11-18-22/h6,8-9,11H,4-5,7,10H2,1-3H3,(H,19,20). The molecule has 0 aliphatic heterocycles. The van der Waals surface area contributed by atoms with Crippen LogP contribution in [0.2, 0.25) is 0 Å². The summed E-state index contributed by atoms with van der Waals surface area (Å²) in [6.07, 6.45) is 5.74. The first-order valence-electron chi connectivity index (χ1n) is 7.61. The van der Waals surface area contributed by atoms with Gasteiger partial charge in [0.2, 0.25) is 0 Å². The van der Waals surface area contributed by atoms with Crippen LogP contribution in [0.4, 0.5) is 0 Å². The molecule has 22 heavy (non-hydrogen) atoms. The van der Waals surface area contributed by atoms with Crippen LogP contribution in [-0.2, 0) is 13.0 Å². The van der Waals surface area contributed by atoms with E-state index in [0.29, 0.717) is 0 Å². The van der Waals surface area contributed by atoms with Crippen molar-refractivity contribution in [3.05, 3.63) is 47.2 Å². The minimum absolute atomic E-state index is 0.899. The monoisotopic (exact) mass is 298 g/mol. The highest BCUT2D eigenvalue weighted by Gasteiger charge is 2.07. The number of fused-ring (bicyclic) bond motifs is 1. The third kappa shape index (κ3) is 3.17. The van der Waals surface area contributed by atoms with Crippen LogP contribution >= 0.6 is 0 Å². The summed E-state index contributed by atoms with van der Waals surface area (Å²) < 4.78 is 1.79. The van der Waals surface area contributed by atoms with Crippen LogP contribution in [0.15, 0.2) is 24.7 Å². The fourth-order valence-electron chi connectivity index (χ4n) is 2.81. The first-order chi connectivity index (χ1) is 10.6. The number of rotatable bonds is 6. The van der Waals surface area contributed by atoms with E-state index in [-0.39, 0.29) is 0 Å². The number of aromatic amines is 1.